The highest BCUT2D eigenvalue weighted by molar-refractivity contribution is 6.10. The zero-order chi connectivity index (χ0) is 50.2. The van der Waals surface area contributed by atoms with Gasteiger partial charge in [0.15, 0.2) is 0 Å². The Morgan fingerprint density at radius 2 is 0.947 bits per heavy atom. The largest absolute Gasteiger partial charge is 0.311 e. The maximum absolute atomic E-state index is 2.54. The molecule has 0 N–H and O–H groups in total. The van der Waals surface area contributed by atoms with Gasteiger partial charge >= 0.3 is 0 Å². The van der Waals surface area contributed by atoms with Crippen molar-refractivity contribution in [2.45, 2.75) is 84.0 Å². The van der Waals surface area contributed by atoms with E-state index in [1.807, 2.05) is 0 Å². The molecule has 75 heavy (non-hydrogen) atoms. The topological polar surface area (TPSA) is 8.17 Å². The first kappa shape index (κ1) is 45.4. The van der Waals surface area contributed by atoms with Crippen molar-refractivity contribution in [1.82, 2.24) is 4.57 Å². The highest BCUT2D eigenvalue weighted by atomic mass is 15.1. The van der Waals surface area contributed by atoms with Gasteiger partial charge in [-0.2, -0.15) is 0 Å². The highest BCUT2D eigenvalue weighted by Gasteiger charge is 2.47. The van der Waals surface area contributed by atoms with Gasteiger partial charge in [0.25, 0.3) is 0 Å². The van der Waals surface area contributed by atoms with Crippen LogP contribution in [0, 0.1) is 13.8 Å². The SMILES string of the molecule is CCCCCCc1ccc(-n2c3ccccc3c3cc(-c4ccc(N(c5ccc(C)cc5)c5ccc(-c6ccc7c(c6)C(c6ccc8c(c6)CC8)(c6ccc8c(c6)CC8)c6cc(C)ccc6-7)cc5)cc4)ccc32)cc1. The maximum Gasteiger partial charge on any atom is 0.0714 e. The summed E-state index contributed by atoms with van der Waals surface area (Å²) >= 11 is 0. The van der Waals surface area contributed by atoms with Gasteiger partial charge in [0.1, 0.15) is 0 Å². The van der Waals surface area contributed by atoms with Crippen molar-refractivity contribution in [3.05, 3.63) is 274 Å². The third kappa shape index (κ3) is 7.59. The Hall–Kier alpha value is -8.20. The summed E-state index contributed by atoms with van der Waals surface area (Å²) in [4.78, 5) is 2.39. The summed E-state index contributed by atoms with van der Waals surface area (Å²) in [6, 6.07) is 81.7. The Balaban J connectivity index is 0.810. The Morgan fingerprint density at radius 3 is 1.56 bits per heavy atom. The number of nitrogens with zero attached hydrogens (tertiary/aromatic N) is 2. The van der Waals surface area contributed by atoms with Crippen LogP contribution in [0.2, 0.25) is 0 Å². The summed E-state index contributed by atoms with van der Waals surface area (Å²) in [5, 5.41) is 2.54. The van der Waals surface area contributed by atoms with Gasteiger partial charge in [-0.15, -0.1) is 0 Å². The fraction of sp³-hybridized carbons (Fsp3) is 0.178. The lowest BCUT2D eigenvalue weighted by Gasteiger charge is -2.37. The Morgan fingerprint density at radius 1 is 0.413 bits per heavy atom. The second-order valence-electron chi connectivity index (χ2n) is 21.9. The minimum Gasteiger partial charge on any atom is -0.311 e. The van der Waals surface area contributed by atoms with Gasteiger partial charge in [0, 0.05) is 33.5 Å². The summed E-state index contributed by atoms with van der Waals surface area (Å²) in [6.45, 7) is 6.69. The molecule has 0 atom stereocenters. The zero-order valence-corrected chi connectivity index (χ0v) is 43.5. The number of hydrogen-bond acceptors (Lipinski definition) is 1. The van der Waals surface area contributed by atoms with Gasteiger partial charge in [-0.1, -0.05) is 177 Å². The molecule has 14 rings (SSSR count). The number of hydrogen-bond donors (Lipinski definition) is 0. The Labute approximate surface area is 442 Å². The molecular weight excluding hydrogens is 905 g/mol. The number of aromatic nitrogens is 1. The van der Waals surface area contributed by atoms with Gasteiger partial charge in [-0.3, -0.25) is 0 Å². The van der Waals surface area contributed by atoms with E-state index in [1.165, 1.54) is 161 Å². The van der Waals surface area contributed by atoms with Gasteiger partial charge in [-0.05, 0) is 209 Å². The van der Waals surface area contributed by atoms with Crippen LogP contribution in [0.4, 0.5) is 17.1 Å². The number of rotatable bonds is 13. The second-order valence-corrected chi connectivity index (χ2v) is 21.9. The third-order valence-electron chi connectivity index (χ3n) is 17.3. The molecule has 0 bridgehead atoms. The summed E-state index contributed by atoms with van der Waals surface area (Å²) < 4.78 is 2.43. The first-order chi connectivity index (χ1) is 36.9. The smallest absolute Gasteiger partial charge is 0.0714 e. The lowest BCUT2D eigenvalue weighted by atomic mass is 9.65. The van der Waals surface area contributed by atoms with E-state index in [1.54, 1.807) is 0 Å². The quantitative estimate of drug-likeness (QED) is 0.105. The predicted octanol–water partition coefficient (Wildman–Crippen LogP) is 18.9. The first-order valence-corrected chi connectivity index (χ1v) is 27.6. The summed E-state index contributed by atoms with van der Waals surface area (Å²) in [5.41, 5.74) is 29.7. The molecule has 0 saturated carbocycles. The van der Waals surface area contributed by atoms with E-state index >= 15 is 0 Å². The van der Waals surface area contributed by atoms with Crippen molar-refractivity contribution >= 4 is 38.9 Å². The predicted molar refractivity (Wildman–Crippen MR) is 316 cm³/mol. The fourth-order valence-electron chi connectivity index (χ4n) is 13.0. The number of benzene rings is 10. The Kier molecular flexibility index (Phi) is 11.1. The number of anilines is 3. The van der Waals surface area contributed by atoms with Crippen LogP contribution in [-0.4, -0.2) is 4.57 Å². The monoisotopic (exact) mass is 966 g/mol. The molecule has 0 fully saturated rings. The minimum absolute atomic E-state index is 0.416. The number of aryl methyl sites for hydroxylation is 7. The van der Waals surface area contributed by atoms with E-state index in [0.717, 1.165) is 36.3 Å². The molecule has 10 aromatic carbocycles. The van der Waals surface area contributed by atoms with Crippen molar-refractivity contribution in [3.8, 4) is 39.1 Å². The number of unbranched alkanes of at least 4 members (excludes halogenated alkanes) is 3. The molecule has 0 amide bonds. The molecule has 0 radical (unpaired) electrons. The van der Waals surface area contributed by atoms with Crippen molar-refractivity contribution in [3.63, 3.8) is 0 Å². The van der Waals surface area contributed by atoms with Crippen LogP contribution in [0.3, 0.4) is 0 Å². The van der Waals surface area contributed by atoms with Crippen LogP contribution < -0.4 is 4.90 Å². The first-order valence-electron chi connectivity index (χ1n) is 27.6. The molecule has 11 aromatic rings. The van der Waals surface area contributed by atoms with E-state index < -0.39 is 5.41 Å². The molecule has 2 nitrogen and oxygen atoms in total. The maximum atomic E-state index is 2.54. The Bertz CT molecular complexity index is 3930. The van der Waals surface area contributed by atoms with E-state index in [-0.39, 0.29) is 0 Å². The molecule has 1 aromatic heterocycles. The van der Waals surface area contributed by atoms with Crippen molar-refractivity contribution in [2.24, 2.45) is 0 Å². The molecule has 0 saturated heterocycles. The van der Waals surface area contributed by atoms with Crippen LogP contribution in [0.25, 0.3) is 60.9 Å². The fourth-order valence-corrected chi connectivity index (χ4v) is 13.0. The molecule has 0 unspecified atom stereocenters. The molecule has 3 aliphatic rings. The zero-order valence-electron chi connectivity index (χ0n) is 43.5. The van der Waals surface area contributed by atoms with E-state index in [4.69, 9.17) is 0 Å². The normalized spacial score (nSPS) is 13.7. The van der Waals surface area contributed by atoms with Crippen LogP contribution in [0.1, 0.15) is 93.8 Å². The number of para-hydroxylation sites is 1. The molecule has 0 spiro atoms. The van der Waals surface area contributed by atoms with Crippen molar-refractivity contribution in [2.75, 3.05) is 4.90 Å². The molecule has 3 aliphatic carbocycles. The summed E-state index contributed by atoms with van der Waals surface area (Å²) in [7, 11) is 0. The molecule has 1 heterocycles. The number of fused-ring (bicyclic) bond motifs is 8. The highest BCUT2D eigenvalue weighted by Crippen LogP contribution is 2.58. The average molecular weight is 967 g/mol. The second kappa shape index (κ2) is 18.3. The van der Waals surface area contributed by atoms with Crippen LogP contribution in [0.15, 0.2) is 212 Å². The summed E-state index contributed by atoms with van der Waals surface area (Å²) in [5.74, 6) is 0. The van der Waals surface area contributed by atoms with Gasteiger partial charge in [0.2, 0.25) is 0 Å². The molecule has 364 valence electrons. The summed E-state index contributed by atoms with van der Waals surface area (Å²) in [6.07, 6.45) is 11.0. The van der Waals surface area contributed by atoms with Gasteiger partial charge in [0.05, 0.1) is 16.4 Å². The van der Waals surface area contributed by atoms with Crippen LogP contribution >= 0.6 is 0 Å². The van der Waals surface area contributed by atoms with E-state index in [2.05, 4.69) is 243 Å². The van der Waals surface area contributed by atoms with Crippen LogP contribution in [0.5, 0.6) is 0 Å². The third-order valence-corrected chi connectivity index (χ3v) is 17.3. The van der Waals surface area contributed by atoms with E-state index in [0.29, 0.717) is 0 Å². The average Bonchev–Trinajstić information content (AvgIpc) is 4.01. The van der Waals surface area contributed by atoms with Crippen LogP contribution in [-0.2, 0) is 37.5 Å². The standard InChI is InChI=1S/C73H62N2/c1-4-5-6-7-10-50-16-34-64(35-17-50)75-71-12-9-8-11-67(71)68-46-57(29-42-72(68)75)53-24-36-62(37-25-53)74(61-32-13-48(2)14-33-61)63-38-26-54(27-39-63)58-28-41-66-65-40-15-49(3)43-69(65)73(70(66)47-58,59-30-22-51-18-20-55(51)44-59)60-31-23-52-19-21-56(52)45-60/h8-9,11-17,22-47H,4-7,10,18-21H2,1-3H3. The lowest BCUT2D eigenvalue weighted by Crippen LogP contribution is -2.30. The van der Waals surface area contributed by atoms with Crippen molar-refractivity contribution < 1.29 is 0 Å². The van der Waals surface area contributed by atoms with Gasteiger partial charge < -0.3 is 9.47 Å². The minimum atomic E-state index is -0.416. The van der Waals surface area contributed by atoms with E-state index in [9.17, 15) is 0 Å². The molecule has 0 aliphatic heterocycles. The lowest BCUT2D eigenvalue weighted by molar-refractivity contribution is 0.667. The molecular formula is C73H62N2. The molecule has 2 heteroatoms. The van der Waals surface area contributed by atoms with Gasteiger partial charge in [-0.25, -0.2) is 0 Å². The van der Waals surface area contributed by atoms with Crippen molar-refractivity contribution in [1.29, 1.82) is 0 Å².